The first-order valence-corrected chi connectivity index (χ1v) is 3.75. The van der Waals surface area contributed by atoms with Crippen LogP contribution in [0.5, 0.6) is 0 Å². The molecule has 0 spiro atoms. The normalized spacial score (nSPS) is 18.6. The highest BCUT2D eigenvalue weighted by Gasteiger charge is 2.26. The number of nitrogens with one attached hydrogen (secondary N) is 1. The second-order valence-electron chi connectivity index (χ2n) is 3.87. The average molecular weight is 145 g/mol. The lowest BCUT2D eigenvalue weighted by atomic mass is 9.84. The minimum Gasteiger partial charge on any atom is -0.392 e. The number of likely N-dealkylation sites (N-methyl/N-ethyl adjacent to an activating group) is 1. The van der Waals surface area contributed by atoms with Crippen molar-refractivity contribution in [1.29, 1.82) is 0 Å². The highest BCUT2D eigenvalue weighted by atomic mass is 16.3. The largest absolute Gasteiger partial charge is 0.392 e. The molecular formula is C8H19NO. The van der Waals surface area contributed by atoms with Gasteiger partial charge in [0, 0.05) is 6.04 Å². The number of aliphatic hydroxyl groups is 1. The van der Waals surface area contributed by atoms with Crippen LogP contribution >= 0.6 is 0 Å². The van der Waals surface area contributed by atoms with Crippen LogP contribution in [0.15, 0.2) is 0 Å². The minimum absolute atomic E-state index is 0.128. The summed E-state index contributed by atoms with van der Waals surface area (Å²) in [6.07, 6.45) is -0.287. The first-order chi connectivity index (χ1) is 4.39. The molecule has 0 aromatic heterocycles. The lowest BCUT2D eigenvalue weighted by Crippen LogP contribution is -2.45. The third kappa shape index (κ3) is 2.67. The fraction of sp³-hybridized carbons (Fsp3) is 1.00. The van der Waals surface area contributed by atoms with E-state index in [1.807, 2.05) is 14.0 Å². The van der Waals surface area contributed by atoms with Gasteiger partial charge in [0.1, 0.15) is 0 Å². The maximum absolute atomic E-state index is 9.29. The van der Waals surface area contributed by atoms with E-state index < -0.39 is 0 Å². The zero-order valence-electron chi connectivity index (χ0n) is 7.60. The Labute approximate surface area is 63.6 Å². The number of hydrogen-bond acceptors (Lipinski definition) is 2. The minimum atomic E-state index is -0.287. The van der Waals surface area contributed by atoms with Crippen molar-refractivity contribution in [3.05, 3.63) is 0 Å². The fourth-order valence-electron chi connectivity index (χ4n) is 1.40. The molecule has 0 aliphatic rings. The van der Waals surface area contributed by atoms with Gasteiger partial charge in [-0.3, -0.25) is 0 Å². The van der Waals surface area contributed by atoms with Crippen molar-refractivity contribution >= 4 is 0 Å². The van der Waals surface area contributed by atoms with Crippen LogP contribution in [-0.2, 0) is 0 Å². The third-order valence-corrected chi connectivity index (χ3v) is 1.73. The van der Waals surface area contributed by atoms with Crippen LogP contribution < -0.4 is 5.32 Å². The van der Waals surface area contributed by atoms with Crippen LogP contribution in [-0.4, -0.2) is 24.3 Å². The Balaban J connectivity index is 4.07. The molecule has 0 radical (unpaired) electrons. The summed E-state index contributed by atoms with van der Waals surface area (Å²) in [5, 5.41) is 12.4. The smallest absolute Gasteiger partial charge is 0.0670 e. The van der Waals surface area contributed by atoms with Gasteiger partial charge in [-0.15, -0.1) is 0 Å². The number of rotatable bonds is 2. The molecule has 0 rings (SSSR count). The van der Waals surface area contributed by atoms with Gasteiger partial charge in [0.15, 0.2) is 0 Å². The van der Waals surface area contributed by atoms with Gasteiger partial charge in [-0.05, 0) is 19.4 Å². The number of hydrogen-bond donors (Lipinski definition) is 2. The summed E-state index contributed by atoms with van der Waals surface area (Å²) in [6.45, 7) is 8.15. The summed E-state index contributed by atoms with van der Waals surface area (Å²) in [5.74, 6) is 0. The molecule has 2 heteroatoms. The van der Waals surface area contributed by atoms with E-state index in [4.69, 9.17) is 0 Å². The van der Waals surface area contributed by atoms with Gasteiger partial charge in [-0.25, -0.2) is 0 Å². The lowest BCUT2D eigenvalue weighted by molar-refractivity contribution is 0.0896. The van der Waals surface area contributed by atoms with Crippen LogP contribution in [0.25, 0.3) is 0 Å². The van der Waals surface area contributed by atoms with Crippen LogP contribution in [0.2, 0.25) is 0 Å². The zero-order valence-corrected chi connectivity index (χ0v) is 7.60. The number of aliphatic hydroxyl groups excluding tert-OH is 1. The Morgan fingerprint density at radius 1 is 1.30 bits per heavy atom. The summed E-state index contributed by atoms with van der Waals surface area (Å²) in [6, 6.07) is 0.174. The Hall–Kier alpha value is -0.0800. The van der Waals surface area contributed by atoms with Crippen LogP contribution in [0.3, 0.4) is 0 Å². The van der Waals surface area contributed by atoms with E-state index in [2.05, 4.69) is 26.1 Å². The van der Waals surface area contributed by atoms with E-state index in [9.17, 15) is 5.11 Å². The molecule has 62 valence electrons. The topological polar surface area (TPSA) is 32.3 Å². The first-order valence-electron chi connectivity index (χ1n) is 3.75. The summed E-state index contributed by atoms with van der Waals surface area (Å²) >= 11 is 0. The SMILES string of the molecule is CNC(C(C)O)C(C)(C)C. The molecule has 2 nitrogen and oxygen atoms in total. The fourth-order valence-corrected chi connectivity index (χ4v) is 1.40. The molecule has 0 aliphatic heterocycles. The summed E-state index contributed by atoms with van der Waals surface area (Å²) < 4.78 is 0. The molecule has 0 bridgehead atoms. The molecule has 0 aromatic carbocycles. The van der Waals surface area contributed by atoms with Gasteiger partial charge in [-0.1, -0.05) is 20.8 Å². The first kappa shape index (κ1) is 9.92. The van der Waals surface area contributed by atoms with Gasteiger partial charge in [0.05, 0.1) is 6.10 Å². The van der Waals surface area contributed by atoms with Crippen molar-refractivity contribution in [3.8, 4) is 0 Å². The van der Waals surface area contributed by atoms with Crippen molar-refractivity contribution in [1.82, 2.24) is 5.32 Å². The molecule has 0 aromatic rings. The molecule has 0 aliphatic carbocycles. The lowest BCUT2D eigenvalue weighted by Gasteiger charge is -2.32. The third-order valence-electron chi connectivity index (χ3n) is 1.73. The van der Waals surface area contributed by atoms with Crippen LogP contribution in [0, 0.1) is 5.41 Å². The second-order valence-corrected chi connectivity index (χ2v) is 3.87. The van der Waals surface area contributed by atoms with Crippen molar-refractivity contribution < 1.29 is 5.11 Å². The average Bonchev–Trinajstić information content (AvgIpc) is 1.60. The van der Waals surface area contributed by atoms with Gasteiger partial charge in [-0.2, -0.15) is 0 Å². The second kappa shape index (κ2) is 3.35. The van der Waals surface area contributed by atoms with E-state index in [0.29, 0.717) is 0 Å². The molecule has 10 heavy (non-hydrogen) atoms. The van der Waals surface area contributed by atoms with E-state index >= 15 is 0 Å². The van der Waals surface area contributed by atoms with Gasteiger partial charge in [0.2, 0.25) is 0 Å². The summed E-state index contributed by atoms with van der Waals surface area (Å²) in [5.41, 5.74) is 0.128. The van der Waals surface area contributed by atoms with E-state index in [1.165, 1.54) is 0 Å². The molecular weight excluding hydrogens is 126 g/mol. The Bertz CT molecular complexity index is 93.9. The molecule has 0 fully saturated rings. The monoisotopic (exact) mass is 145 g/mol. The van der Waals surface area contributed by atoms with E-state index in [-0.39, 0.29) is 17.6 Å². The van der Waals surface area contributed by atoms with E-state index in [0.717, 1.165) is 0 Å². The maximum atomic E-state index is 9.29. The van der Waals surface area contributed by atoms with Gasteiger partial charge >= 0.3 is 0 Å². The van der Waals surface area contributed by atoms with Gasteiger partial charge < -0.3 is 10.4 Å². The van der Waals surface area contributed by atoms with Crippen molar-refractivity contribution in [2.24, 2.45) is 5.41 Å². The summed E-state index contributed by atoms with van der Waals surface area (Å²) in [4.78, 5) is 0. The summed E-state index contributed by atoms with van der Waals surface area (Å²) in [7, 11) is 1.88. The van der Waals surface area contributed by atoms with Gasteiger partial charge in [0.25, 0.3) is 0 Å². The standard InChI is InChI=1S/C8H19NO/c1-6(10)7(9-5)8(2,3)4/h6-7,9-10H,1-5H3. The molecule has 0 saturated heterocycles. The maximum Gasteiger partial charge on any atom is 0.0670 e. The molecule has 0 amide bonds. The molecule has 0 heterocycles. The Morgan fingerprint density at radius 3 is 1.70 bits per heavy atom. The Morgan fingerprint density at radius 2 is 1.70 bits per heavy atom. The quantitative estimate of drug-likeness (QED) is 0.607. The predicted molar refractivity (Wildman–Crippen MR) is 44.0 cm³/mol. The van der Waals surface area contributed by atoms with Crippen molar-refractivity contribution in [2.75, 3.05) is 7.05 Å². The molecule has 0 saturated carbocycles. The van der Waals surface area contributed by atoms with Crippen molar-refractivity contribution in [3.63, 3.8) is 0 Å². The van der Waals surface area contributed by atoms with Crippen LogP contribution in [0.1, 0.15) is 27.7 Å². The zero-order chi connectivity index (χ0) is 8.36. The van der Waals surface area contributed by atoms with E-state index in [1.54, 1.807) is 0 Å². The highest BCUT2D eigenvalue weighted by molar-refractivity contribution is 4.82. The molecule has 2 unspecified atom stereocenters. The van der Waals surface area contributed by atoms with Crippen molar-refractivity contribution in [2.45, 2.75) is 39.8 Å². The molecule has 2 N–H and O–H groups in total. The van der Waals surface area contributed by atoms with Crippen LogP contribution in [0.4, 0.5) is 0 Å². The predicted octanol–water partition coefficient (Wildman–Crippen LogP) is 1.00. The Kier molecular flexibility index (Phi) is 3.33. The molecule has 2 atom stereocenters. The highest BCUT2D eigenvalue weighted by Crippen LogP contribution is 2.21.